The number of fused-ring (bicyclic) bond motifs is 1. The summed E-state index contributed by atoms with van der Waals surface area (Å²) in [5.41, 5.74) is 6.31. The molecule has 0 radical (unpaired) electrons. The van der Waals surface area contributed by atoms with E-state index >= 15 is 0 Å². The molecule has 0 bridgehead atoms. The number of nitrogens with two attached hydrogens (primary N) is 1. The van der Waals surface area contributed by atoms with Gasteiger partial charge >= 0.3 is 0 Å². The topological polar surface area (TPSA) is 79.2 Å². The normalized spacial score (nSPS) is 11.2. The first-order valence-corrected chi connectivity index (χ1v) is 7.81. The van der Waals surface area contributed by atoms with Crippen molar-refractivity contribution in [3.8, 4) is 0 Å². The number of hydrogen-bond donors (Lipinski definition) is 2. The predicted octanol–water partition coefficient (Wildman–Crippen LogP) is 2.77. The Morgan fingerprint density at radius 1 is 1.35 bits per heavy atom. The molecule has 0 aliphatic carbocycles. The monoisotopic (exact) mass is 401 g/mol. The third-order valence-electron chi connectivity index (χ3n) is 3.60. The SMILES string of the molecule is CN(CC(C)(C)CN)C(=O)c1cc(=O)[nH]c2ccc(Br)cc12.Cl. The molecule has 126 valence electrons. The van der Waals surface area contributed by atoms with Crippen LogP contribution in [0.25, 0.3) is 10.9 Å². The lowest BCUT2D eigenvalue weighted by Crippen LogP contribution is -2.40. The molecule has 2 aromatic rings. The Balaban J connectivity index is 0.00000264. The lowest BCUT2D eigenvalue weighted by molar-refractivity contribution is 0.0742. The Morgan fingerprint density at radius 3 is 2.61 bits per heavy atom. The van der Waals surface area contributed by atoms with Gasteiger partial charge in [0.15, 0.2) is 0 Å². The minimum atomic E-state index is -0.287. The van der Waals surface area contributed by atoms with Crippen molar-refractivity contribution in [3.63, 3.8) is 0 Å². The van der Waals surface area contributed by atoms with E-state index in [2.05, 4.69) is 20.9 Å². The zero-order chi connectivity index (χ0) is 16.5. The van der Waals surface area contributed by atoms with Crippen LogP contribution in [0.1, 0.15) is 24.2 Å². The number of H-pyrrole nitrogens is 1. The van der Waals surface area contributed by atoms with Crippen molar-refractivity contribution in [1.29, 1.82) is 0 Å². The highest BCUT2D eigenvalue weighted by molar-refractivity contribution is 9.10. The van der Waals surface area contributed by atoms with Crippen LogP contribution in [0.15, 0.2) is 33.5 Å². The summed E-state index contributed by atoms with van der Waals surface area (Å²) >= 11 is 3.40. The summed E-state index contributed by atoms with van der Waals surface area (Å²) < 4.78 is 0.853. The largest absolute Gasteiger partial charge is 0.341 e. The van der Waals surface area contributed by atoms with Gasteiger partial charge < -0.3 is 15.6 Å². The molecule has 0 saturated heterocycles. The average molecular weight is 403 g/mol. The summed E-state index contributed by atoms with van der Waals surface area (Å²) in [6.45, 7) is 5.00. The molecule has 7 heteroatoms. The van der Waals surface area contributed by atoms with E-state index in [-0.39, 0.29) is 29.3 Å². The first-order chi connectivity index (χ1) is 10.2. The van der Waals surface area contributed by atoms with Gasteiger partial charge in [0.1, 0.15) is 0 Å². The second kappa shape index (κ2) is 7.47. The van der Waals surface area contributed by atoms with E-state index in [1.165, 1.54) is 6.07 Å². The van der Waals surface area contributed by atoms with E-state index in [0.29, 0.717) is 24.2 Å². The Kier molecular flexibility index (Phi) is 6.39. The maximum Gasteiger partial charge on any atom is 0.254 e. The van der Waals surface area contributed by atoms with Gasteiger partial charge in [-0.15, -0.1) is 12.4 Å². The number of amides is 1. The van der Waals surface area contributed by atoms with E-state index in [4.69, 9.17) is 5.73 Å². The first-order valence-electron chi connectivity index (χ1n) is 7.02. The molecule has 23 heavy (non-hydrogen) atoms. The Morgan fingerprint density at radius 2 is 2.00 bits per heavy atom. The molecule has 1 amide bonds. The summed E-state index contributed by atoms with van der Waals surface area (Å²) in [5.74, 6) is -0.185. The van der Waals surface area contributed by atoms with Crippen molar-refractivity contribution >= 4 is 45.1 Å². The summed E-state index contributed by atoms with van der Waals surface area (Å²) in [5, 5.41) is 0.719. The zero-order valence-electron chi connectivity index (χ0n) is 13.4. The van der Waals surface area contributed by atoms with Crippen LogP contribution in [0.4, 0.5) is 0 Å². The molecule has 5 nitrogen and oxygen atoms in total. The minimum absolute atomic E-state index is 0. The number of nitrogens with zero attached hydrogens (tertiary/aromatic N) is 1. The molecule has 0 aliphatic heterocycles. The number of pyridine rings is 1. The number of halogens is 2. The summed E-state index contributed by atoms with van der Waals surface area (Å²) in [4.78, 5) is 28.9. The van der Waals surface area contributed by atoms with Gasteiger partial charge in [0.2, 0.25) is 5.56 Å². The highest BCUT2D eigenvalue weighted by Crippen LogP contribution is 2.22. The van der Waals surface area contributed by atoms with Crippen LogP contribution in [0.3, 0.4) is 0 Å². The van der Waals surface area contributed by atoms with Gasteiger partial charge in [-0.1, -0.05) is 29.8 Å². The second-order valence-corrected chi connectivity index (χ2v) is 7.18. The first kappa shape index (κ1) is 19.7. The van der Waals surface area contributed by atoms with Gasteiger partial charge in [-0.2, -0.15) is 0 Å². The van der Waals surface area contributed by atoms with E-state index < -0.39 is 0 Å². The standard InChI is InChI=1S/C16H20BrN3O2.ClH/c1-16(2,8-18)9-20(3)15(22)12-7-14(21)19-13-5-4-10(17)6-11(12)13;/h4-7H,8-9,18H2,1-3H3,(H,19,21);1H. The molecular weight excluding hydrogens is 382 g/mol. The number of rotatable bonds is 4. The van der Waals surface area contributed by atoms with Crippen molar-refractivity contribution in [2.45, 2.75) is 13.8 Å². The van der Waals surface area contributed by atoms with Crippen LogP contribution in [0.5, 0.6) is 0 Å². The number of aromatic amines is 1. The molecule has 0 unspecified atom stereocenters. The maximum atomic E-state index is 12.7. The van der Waals surface area contributed by atoms with Crippen molar-refractivity contribution in [3.05, 3.63) is 44.7 Å². The summed E-state index contributed by atoms with van der Waals surface area (Å²) in [6.07, 6.45) is 0. The summed E-state index contributed by atoms with van der Waals surface area (Å²) in [6, 6.07) is 6.79. The average Bonchev–Trinajstić information content (AvgIpc) is 2.45. The maximum absolute atomic E-state index is 12.7. The van der Waals surface area contributed by atoms with Crippen LogP contribution >= 0.6 is 28.3 Å². The second-order valence-electron chi connectivity index (χ2n) is 6.27. The van der Waals surface area contributed by atoms with Crippen LogP contribution < -0.4 is 11.3 Å². The third kappa shape index (κ3) is 4.56. The molecule has 1 heterocycles. The van der Waals surface area contributed by atoms with E-state index in [9.17, 15) is 9.59 Å². The fraction of sp³-hybridized carbons (Fsp3) is 0.375. The fourth-order valence-electron chi connectivity index (χ4n) is 2.39. The number of carbonyl (C=O) groups excluding carboxylic acids is 1. The van der Waals surface area contributed by atoms with E-state index in [0.717, 1.165) is 9.86 Å². The Labute approximate surface area is 149 Å². The molecular formula is C16H21BrClN3O2. The highest BCUT2D eigenvalue weighted by atomic mass is 79.9. The predicted molar refractivity (Wildman–Crippen MR) is 99.3 cm³/mol. The van der Waals surface area contributed by atoms with Crippen LogP contribution in [-0.2, 0) is 0 Å². The number of aromatic nitrogens is 1. The van der Waals surface area contributed by atoms with Crippen molar-refractivity contribution in [2.75, 3.05) is 20.1 Å². The number of carbonyl (C=O) groups is 1. The molecule has 0 atom stereocenters. The van der Waals surface area contributed by atoms with Gasteiger partial charge in [-0.25, -0.2) is 0 Å². The Bertz CT molecular complexity index is 773. The quantitative estimate of drug-likeness (QED) is 0.825. The van der Waals surface area contributed by atoms with Crippen LogP contribution in [0.2, 0.25) is 0 Å². The highest BCUT2D eigenvalue weighted by Gasteiger charge is 2.23. The number of nitrogens with one attached hydrogen (secondary N) is 1. The van der Waals surface area contributed by atoms with Gasteiger partial charge in [-0.3, -0.25) is 9.59 Å². The van der Waals surface area contributed by atoms with Crippen molar-refractivity contribution in [2.24, 2.45) is 11.1 Å². The van der Waals surface area contributed by atoms with Gasteiger partial charge in [0, 0.05) is 35.0 Å². The van der Waals surface area contributed by atoms with Gasteiger partial charge in [0.05, 0.1) is 5.56 Å². The molecule has 1 aromatic carbocycles. The lowest BCUT2D eigenvalue weighted by atomic mass is 9.93. The molecule has 0 spiro atoms. The molecule has 1 aromatic heterocycles. The molecule has 0 saturated carbocycles. The smallest absolute Gasteiger partial charge is 0.254 e. The molecule has 0 fully saturated rings. The van der Waals surface area contributed by atoms with Crippen LogP contribution in [0, 0.1) is 5.41 Å². The van der Waals surface area contributed by atoms with Gasteiger partial charge in [0.25, 0.3) is 5.91 Å². The molecule has 3 N–H and O–H groups in total. The van der Waals surface area contributed by atoms with Crippen molar-refractivity contribution in [1.82, 2.24) is 9.88 Å². The molecule has 0 aliphatic rings. The fourth-order valence-corrected chi connectivity index (χ4v) is 2.75. The lowest BCUT2D eigenvalue weighted by Gasteiger charge is -2.29. The molecule has 2 rings (SSSR count). The number of benzene rings is 1. The van der Waals surface area contributed by atoms with Crippen molar-refractivity contribution < 1.29 is 4.79 Å². The van der Waals surface area contributed by atoms with E-state index in [1.54, 1.807) is 18.0 Å². The number of hydrogen-bond acceptors (Lipinski definition) is 3. The zero-order valence-corrected chi connectivity index (χ0v) is 15.8. The summed E-state index contributed by atoms with van der Waals surface area (Å²) in [7, 11) is 1.73. The van der Waals surface area contributed by atoms with E-state index in [1.807, 2.05) is 26.0 Å². The van der Waals surface area contributed by atoms with Crippen LogP contribution in [-0.4, -0.2) is 35.9 Å². The van der Waals surface area contributed by atoms with Gasteiger partial charge in [-0.05, 0) is 30.2 Å². The third-order valence-corrected chi connectivity index (χ3v) is 4.09. The minimum Gasteiger partial charge on any atom is -0.341 e. The Hall–Kier alpha value is -1.37.